The summed E-state index contributed by atoms with van der Waals surface area (Å²) >= 11 is 1.97. The lowest BCUT2D eigenvalue weighted by Gasteiger charge is -2.31. The first kappa shape index (κ1) is 20.0. The first-order valence-corrected chi connectivity index (χ1v) is 12.3. The number of thiophene rings is 1. The van der Waals surface area contributed by atoms with Crippen molar-refractivity contribution < 1.29 is 0 Å². The smallest absolute Gasteiger partial charge is 0.0491 e. The van der Waals surface area contributed by atoms with Gasteiger partial charge in [0, 0.05) is 39.0 Å². The molecule has 0 bridgehead atoms. The van der Waals surface area contributed by atoms with Crippen LogP contribution < -0.4 is 4.90 Å². The third-order valence-electron chi connectivity index (χ3n) is 6.53. The quantitative estimate of drug-likeness (QED) is 0.285. The van der Waals surface area contributed by atoms with Crippen LogP contribution in [0.25, 0.3) is 27.3 Å². The Morgan fingerprint density at radius 1 is 0.879 bits per heavy atom. The van der Waals surface area contributed by atoms with Crippen molar-refractivity contribution in [3.63, 3.8) is 0 Å². The van der Waals surface area contributed by atoms with Crippen molar-refractivity contribution in [2.45, 2.75) is 19.3 Å². The van der Waals surface area contributed by atoms with E-state index in [9.17, 15) is 0 Å². The second-order valence-corrected chi connectivity index (χ2v) is 9.65. The van der Waals surface area contributed by atoms with Gasteiger partial charge in [0.15, 0.2) is 0 Å². The van der Waals surface area contributed by atoms with Crippen LogP contribution in [-0.4, -0.2) is 0 Å². The lowest BCUT2D eigenvalue weighted by atomic mass is 9.92. The van der Waals surface area contributed by atoms with Crippen molar-refractivity contribution in [1.29, 1.82) is 0 Å². The van der Waals surface area contributed by atoms with Crippen LogP contribution >= 0.6 is 11.3 Å². The molecule has 1 aromatic heterocycles. The molecule has 1 aliphatic heterocycles. The van der Waals surface area contributed by atoms with E-state index in [2.05, 4.69) is 96.6 Å². The third kappa shape index (κ3) is 3.48. The normalized spacial score (nSPS) is 14.6. The van der Waals surface area contributed by atoms with Crippen molar-refractivity contribution in [3.8, 4) is 11.1 Å². The number of aryl methyl sites for hydroxylation is 1. The van der Waals surface area contributed by atoms with Gasteiger partial charge in [0.25, 0.3) is 0 Å². The Labute approximate surface area is 199 Å². The molecule has 0 fully saturated rings. The molecule has 0 amide bonds. The Hall–Kier alpha value is -3.62. The zero-order chi connectivity index (χ0) is 22.2. The van der Waals surface area contributed by atoms with Gasteiger partial charge in [-0.3, -0.25) is 0 Å². The molecule has 0 unspecified atom stereocenters. The third-order valence-corrected chi connectivity index (χ3v) is 7.84. The molecule has 0 atom stereocenters. The summed E-state index contributed by atoms with van der Waals surface area (Å²) in [6.45, 7) is 3.76. The summed E-state index contributed by atoms with van der Waals surface area (Å²) in [4.78, 5) is 3.83. The molecule has 160 valence electrons. The predicted molar refractivity (Wildman–Crippen MR) is 144 cm³/mol. The van der Waals surface area contributed by atoms with Gasteiger partial charge in [-0.25, -0.2) is 0 Å². The van der Waals surface area contributed by atoms with Crippen molar-refractivity contribution in [3.05, 3.63) is 125 Å². The Kier molecular flexibility index (Phi) is 5.09. The minimum atomic E-state index is 0.950. The minimum absolute atomic E-state index is 0.950. The maximum Gasteiger partial charge on any atom is 0.0491 e. The number of rotatable bonds is 4. The number of allylic oxidation sites excluding steroid dienone is 5. The average Bonchev–Trinajstić information content (AvgIpc) is 3.24. The van der Waals surface area contributed by atoms with E-state index in [0.717, 1.165) is 19.3 Å². The molecular formula is C31H25NS. The number of benzene rings is 3. The molecule has 3 aromatic carbocycles. The SMILES string of the molecule is C=C/C=C\C=C/N1c2ccccc2Cc2cc(-c3cccc4c5c(sc34)CCC=C5)ccc21. The van der Waals surface area contributed by atoms with E-state index in [1.54, 1.807) is 6.08 Å². The van der Waals surface area contributed by atoms with Crippen molar-refractivity contribution in [2.75, 3.05) is 4.90 Å². The number of hydrogen-bond donors (Lipinski definition) is 0. The molecule has 2 heterocycles. The highest BCUT2D eigenvalue weighted by Gasteiger charge is 2.22. The van der Waals surface area contributed by atoms with Crippen LogP contribution in [0.15, 0.2) is 104 Å². The van der Waals surface area contributed by atoms with E-state index in [-0.39, 0.29) is 0 Å². The average molecular weight is 444 g/mol. The summed E-state index contributed by atoms with van der Waals surface area (Å²) in [6.07, 6.45) is 17.9. The lowest BCUT2D eigenvalue weighted by molar-refractivity contribution is 1.02. The highest BCUT2D eigenvalue weighted by molar-refractivity contribution is 7.20. The first-order valence-electron chi connectivity index (χ1n) is 11.5. The van der Waals surface area contributed by atoms with E-state index in [1.807, 2.05) is 23.5 Å². The van der Waals surface area contributed by atoms with Gasteiger partial charge in [0.05, 0.1) is 0 Å². The highest BCUT2D eigenvalue weighted by atomic mass is 32.1. The van der Waals surface area contributed by atoms with E-state index in [4.69, 9.17) is 0 Å². The summed E-state index contributed by atoms with van der Waals surface area (Å²) in [5.74, 6) is 0. The summed E-state index contributed by atoms with van der Waals surface area (Å²) in [7, 11) is 0. The fourth-order valence-corrected chi connectivity index (χ4v) is 6.34. The fourth-order valence-electron chi connectivity index (χ4n) is 5.00. The fraction of sp³-hybridized carbons (Fsp3) is 0.0968. The maximum atomic E-state index is 3.76. The molecule has 2 aliphatic rings. The van der Waals surface area contributed by atoms with Crippen LogP contribution in [0.2, 0.25) is 0 Å². The summed E-state index contributed by atoms with van der Waals surface area (Å²) in [5, 5.41) is 1.39. The molecule has 0 spiro atoms. The van der Waals surface area contributed by atoms with Crippen LogP contribution in [0.3, 0.4) is 0 Å². The Morgan fingerprint density at radius 3 is 2.73 bits per heavy atom. The Morgan fingerprint density at radius 2 is 1.79 bits per heavy atom. The summed E-state index contributed by atoms with van der Waals surface area (Å²) in [6, 6.07) is 22.4. The summed E-state index contributed by atoms with van der Waals surface area (Å²) in [5.41, 5.74) is 9.30. The standard InChI is InChI=1S/C31H25NS/c1-2-3-4-9-19-32-28-15-7-5-11-23(28)21-24-20-22(17-18-29(24)32)25-13-10-14-27-26-12-6-8-16-30(26)33-31(25)27/h2-7,9-15,17-20H,1,8,16,21H2/b4-3-,19-9-. The predicted octanol–water partition coefficient (Wildman–Crippen LogP) is 8.83. The molecule has 0 saturated carbocycles. The molecular weight excluding hydrogens is 418 g/mol. The second-order valence-electron chi connectivity index (χ2n) is 8.54. The van der Waals surface area contributed by atoms with Crippen LogP contribution in [0, 0.1) is 0 Å². The number of para-hydroxylation sites is 1. The van der Waals surface area contributed by atoms with E-state index in [0.29, 0.717) is 0 Å². The first-order chi connectivity index (χ1) is 16.3. The molecule has 0 radical (unpaired) electrons. The van der Waals surface area contributed by atoms with Crippen LogP contribution in [0.1, 0.15) is 28.0 Å². The van der Waals surface area contributed by atoms with E-state index < -0.39 is 0 Å². The van der Waals surface area contributed by atoms with Crippen molar-refractivity contribution in [1.82, 2.24) is 0 Å². The molecule has 4 aromatic rings. The van der Waals surface area contributed by atoms with Crippen LogP contribution in [0.4, 0.5) is 11.4 Å². The van der Waals surface area contributed by atoms with Crippen LogP contribution in [0.5, 0.6) is 0 Å². The van der Waals surface area contributed by atoms with E-state index in [1.165, 1.54) is 54.2 Å². The maximum absolute atomic E-state index is 3.76. The van der Waals surface area contributed by atoms with Gasteiger partial charge in [-0.15, -0.1) is 11.3 Å². The lowest BCUT2D eigenvalue weighted by Crippen LogP contribution is -2.17. The zero-order valence-corrected chi connectivity index (χ0v) is 19.3. The van der Waals surface area contributed by atoms with Gasteiger partial charge in [-0.2, -0.15) is 0 Å². The van der Waals surface area contributed by atoms with Crippen molar-refractivity contribution in [2.24, 2.45) is 0 Å². The number of nitrogens with zero attached hydrogens (tertiary/aromatic N) is 1. The summed E-state index contributed by atoms with van der Waals surface area (Å²) < 4.78 is 1.41. The van der Waals surface area contributed by atoms with Gasteiger partial charge in [-0.1, -0.05) is 79.4 Å². The highest BCUT2D eigenvalue weighted by Crippen LogP contribution is 2.44. The minimum Gasteiger partial charge on any atom is -0.317 e. The molecule has 1 aliphatic carbocycles. The second kappa shape index (κ2) is 8.38. The largest absolute Gasteiger partial charge is 0.317 e. The Bertz CT molecular complexity index is 1460. The van der Waals surface area contributed by atoms with Crippen molar-refractivity contribution >= 4 is 38.9 Å². The topological polar surface area (TPSA) is 3.24 Å². The molecule has 1 nitrogen and oxygen atoms in total. The number of anilines is 2. The zero-order valence-electron chi connectivity index (χ0n) is 18.5. The number of hydrogen-bond acceptors (Lipinski definition) is 2. The Balaban J connectivity index is 1.47. The molecule has 2 heteroatoms. The number of fused-ring (bicyclic) bond motifs is 5. The molecule has 6 rings (SSSR count). The molecule has 33 heavy (non-hydrogen) atoms. The van der Waals surface area contributed by atoms with Crippen LogP contribution in [-0.2, 0) is 12.8 Å². The van der Waals surface area contributed by atoms with Gasteiger partial charge < -0.3 is 4.90 Å². The van der Waals surface area contributed by atoms with Gasteiger partial charge >= 0.3 is 0 Å². The monoisotopic (exact) mass is 443 g/mol. The van der Waals surface area contributed by atoms with Gasteiger partial charge in [0.1, 0.15) is 0 Å². The van der Waals surface area contributed by atoms with Gasteiger partial charge in [0.2, 0.25) is 0 Å². The molecule has 0 N–H and O–H groups in total. The molecule has 0 saturated heterocycles. The van der Waals surface area contributed by atoms with Gasteiger partial charge in [-0.05, 0) is 64.9 Å². The van der Waals surface area contributed by atoms with E-state index >= 15 is 0 Å².